The average molecular weight is 635 g/mol. The van der Waals surface area contributed by atoms with E-state index in [1.165, 1.54) is 24.3 Å². The van der Waals surface area contributed by atoms with Gasteiger partial charge in [0.1, 0.15) is 36.8 Å². The number of phosphoric ester groups is 1. The molecule has 24 heteroatoms. The number of likely N-dealkylation sites (N-methyl/N-ethyl adjacent to an activating group) is 1. The van der Waals surface area contributed by atoms with Gasteiger partial charge in [0.05, 0.1) is 12.9 Å². The fraction of sp³-hybridized carbons (Fsp3) is 0.625. The van der Waals surface area contributed by atoms with Crippen LogP contribution < -0.4 is 16.4 Å². The second-order valence-electron chi connectivity index (χ2n) is 7.96. The van der Waals surface area contributed by atoms with Crippen molar-refractivity contribution < 1.29 is 65.4 Å². The van der Waals surface area contributed by atoms with Gasteiger partial charge in [-0.05, 0) is 7.05 Å². The molecule has 0 saturated carbocycles. The Hall–Kier alpha value is -1.93. The lowest BCUT2D eigenvalue weighted by Gasteiger charge is -2.24. The molecule has 6 atom stereocenters. The SMILES string of the molecule is CNCCNC(=O)COC1C(OC)C(COP(=O)(O)OP(=O)(O)OP(=O)(O)O)OC1n1cnc2c(N)ncnc21. The molecule has 6 unspecified atom stereocenters. The van der Waals surface area contributed by atoms with Gasteiger partial charge in [0.15, 0.2) is 17.7 Å². The van der Waals surface area contributed by atoms with E-state index in [-0.39, 0.29) is 17.0 Å². The van der Waals surface area contributed by atoms with Crippen molar-refractivity contribution in [3.8, 4) is 0 Å². The maximum absolute atomic E-state index is 12.3. The van der Waals surface area contributed by atoms with Crippen LogP contribution in [0.3, 0.4) is 0 Å². The largest absolute Gasteiger partial charge is 0.490 e. The van der Waals surface area contributed by atoms with Crippen molar-refractivity contribution in [2.75, 3.05) is 46.2 Å². The van der Waals surface area contributed by atoms with Gasteiger partial charge in [-0.3, -0.25) is 13.9 Å². The Morgan fingerprint density at radius 3 is 2.48 bits per heavy atom. The first kappa shape index (κ1) is 32.6. The van der Waals surface area contributed by atoms with E-state index in [0.717, 1.165) is 0 Å². The summed E-state index contributed by atoms with van der Waals surface area (Å²) in [5, 5.41) is 5.49. The molecule has 1 aliphatic heterocycles. The Balaban J connectivity index is 1.81. The number of nitrogens with one attached hydrogen (secondary N) is 2. The first-order valence-corrected chi connectivity index (χ1v) is 15.6. The summed E-state index contributed by atoms with van der Waals surface area (Å²) in [4.78, 5) is 60.9. The van der Waals surface area contributed by atoms with Crippen molar-refractivity contribution in [3.63, 3.8) is 0 Å². The molecule has 0 aromatic carbocycles. The Morgan fingerprint density at radius 1 is 1.10 bits per heavy atom. The number of carbonyl (C=O) groups excluding carboxylic acids is 1. The highest BCUT2D eigenvalue weighted by Gasteiger charge is 2.49. The summed E-state index contributed by atoms with van der Waals surface area (Å²) in [5.41, 5.74) is 6.29. The van der Waals surface area contributed by atoms with Crippen molar-refractivity contribution >= 4 is 46.4 Å². The van der Waals surface area contributed by atoms with Gasteiger partial charge in [-0.25, -0.2) is 28.6 Å². The minimum Gasteiger partial charge on any atom is -0.382 e. The van der Waals surface area contributed by atoms with Crippen molar-refractivity contribution in [2.24, 2.45) is 0 Å². The number of carbonyl (C=O) groups is 1. The van der Waals surface area contributed by atoms with Crippen LogP contribution in [0.15, 0.2) is 12.7 Å². The number of nitrogens with zero attached hydrogens (tertiary/aromatic N) is 4. The summed E-state index contributed by atoms with van der Waals surface area (Å²) < 4.78 is 65.4. The van der Waals surface area contributed by atoms with E-state index in [4.69, 9.17) is 34.3 Å². The summed E-state index contributed by atoms with van der Waals surface area (Å²) in [6.45, 7) is -0.453. The maximum atomic E-state index is 12.3. The predicted octanol–water partition coefficient (Wildman–Crippen LogP) is -1.61. The Kier molecular flexibility index (Phi) is 10.9. The van der Waals surface area contributed by atoms with Crippen LogP contribution in [0.25, 0.3) is 11.2 Å². The Morgan fingerprint density at radius 2 is 1.82 bits per heavy atom. The number of amides is 1. The number of rotatable bonds is 15. The highest BCUT2D eigenvalue weighted by atomic mass is 31.3. The van der Waals surface area contributed by atoms with Crippen molar-refractivity contribution in [1.29, 1.82) is 0 Å². The van der Waals surface area contributed by atoms with Crippen molar-refractivity contribution in [2.45, 2.75) is 24.5 Å². The quantitative estimate of drug-likeness (QED) is 0.0854. The fourth-order valence-corrected chi connectivity index (χ4v) is 6.64. The van der Waals surface area contributed by atoms with E-state index in [1.807, 2.05) is 0 Å². The second-order valence-corrected chi connectivity index (χ2v) is 12.4. The van der Waals surface area contributed by atoms with E-state index in [2.05, 4.69) is 34.2 Å². The van der Waals surface area contributed by atoms with Crippen LogP contribution >= 0.6 is 23.5 Å². The smallest absolute Gasteiger partial charge is 0.382 e. The van der Waals surface area contributed by atoms with Crippen LogP contribution in [0.5, 0.6) is 0 Å². The number of imidazole rings is 1. The number of nitrogen functional groups attached to an aromatic ring is 1. The summed E-state index contributed by atoms with van der Waals surface area (Å²) in [6.07, 6.45) is -2.04. The summed E-state index contributed by atoms with van der Waals surface area (Å²) >= 11 is 0. The molecule has 1 amide bonds. The second kappa shape index (κ2) is 13.4. The third-order valence-electron chi connectivity index (χ3n) is 5.14. The lowest BCUT2D eigenvalue weighted by molar-refractivity contribution is -0.133. The molecule has 2 aromatic heterocycles. The van der Waals surface area contributed by atoms with Gasteiger partial charge >= 0.3 is 23.5 Å². The summed E-state index contributed by atoms with van der Waals surface area (Å²) in [5.74, 6) is -0.404. The molecule has 0 spiro atoms. The Labute approximate surface area is 225 Å². The van der Waals surface area contributed by atoms with Gasteiger partial charge in [-0.1, -0.05) is 0 Å². The third kappa shape index (κ3) is 8.78. The minimum atomic E-state index is -5.73. The number of ether oxygens (including phenoxy) is 3. The van der Waals surface area contributed by atoms with E-state index in [1.54, 1.807) is 7.05 Å². The summed E-state index contributed by atoms with van der Waals surface area (Å²) in [6, 6.07) is 0. The van der Waals surface area contributed by atoms with Crippen LogP contribution in [-0.4, -0.2) is 104 Å². The summed E-state index contributed by atoms with van der Waals surface area (Å²) in [7, 11) is -13.8. The van der Waals surface area contributed by atoms with Crippen LogP contribution in [0, 0.1) is 0 Å². The van der Waals surface area contributed by atoms with Gasteiger partial charge in [-0.2, -0.15) is 8.62 Å². The van der Waals surface area contributed by atoms with Crippen LogP contribution in [0.2, 0.25) is 0 Å². The lowest BCUT2D eigenvalue weighted by Crippen LogP contribution is -2.40. The highest BCUT2D eigenvalue weighted by Crippen LogP contribution is 2.66. The lowest BCUT2D eigenvalue weighted by atomic mass is 10.1. The number of methoxy groups -OCH3 is 1. The van der Waals surface area contributed by atoms with E-state index < -0.39 is 67.1 Å². The molecule has 1 saturated heterocycles. The van der Waals surface area contributed by atoms with Gasteiger partial charge in [-0.15, -0.1) is 0 Å². The van der Waals surface area contributed by atoms with E-state index >= 15 is 0 Å². The van der Waals surface area contributed by atoms with Gasteiger partial charge < -0.3 is 50.2 Å². The molecule has 8 N–H and O–H groups in total. The number of hydrogen-bond acceptors (Lipinski definition) is 15. The van der Waals surface area contributed by atoms with Gasteiger partial charge in [0.25, 0.3) is 0 Å². The molecule has 0 aliphatic carbocycles. The standard InChI is InChI=1S/C16H28N7O14P3/c1-18-3-4-19-10(24)6-33-13-12(32-2)9(5-34-39(28,29)37-40(30,31)36-38(25,26)27)35-16(13)23-8-22-11-14(17)20-7-21-15(11)23/h7-9,12-13,16,18H,3-6H2,1-2H3,(H,19,24)(H,28,29)(H,30,31)(H2,17,20,21)(H2,25,26,27). The van der Waals surface area contributed by atoms with E-state index in [0.29, 0.717) is 13.1 Å². The number of phosphoric acid groups is 3. The van der Waals surface area contributed by atoms with Crippen LogP contribution in [0.4, 0.5) is 5.82 Å². The fourth-order valence-electron chi connectivity index (χ4n) is 3.61. The first-order chi connectivity index (χ1) is 18.7. The minimum absolute atomic E-state index is 0.0654. The van der Waals surface area contributed by atoms with Gasteiger partial charge in [0.2, 0.25) is 5.91 Å². The zero-order chi connectivity index (χ0) is 29.7. The monoisotopic (exact) mass is 635 g/mol. The molecule has 40 heavy (non-hydrogen) atoms. The Bertz CT molecular complexity index is 1320. The first-order valence-electron chi connectivity index (χ1n) is 11.1. The maximum Gasteiger partial charge on any atom is 0.490 e. The van der Waals surface area contributed by atoms with Gasteiger partial charge in [0, 0.05) is 20.2 Å². The molecule has 226 valence electrons. The zero-order valence-electron chi connectivity index (χ0n) is 20.9. The molecule has 1 fully saturated rings. The van der Waals surface area contributed by atoms with E-state index in [9.17, 15) is 28.3 Å². The molecule has 1 aliphatic rings. The topological polar surface area (TPSA) is 298 Å². The van der Waals surface area contributed by atoms with Crippen LogP contribution in [0.1, 0.15) is 6.23 Å². The molecule has 3 rings (SSSR count). The molecule has 0 radical (unpaired) electrons. The highest BCUT2D eigenvalue weighted by molar-refractivity contribution is 7.66. The molecule has 2 aromatic rings. The molecular formula is C16H28N7O14P3. The van der Waals surface area contributed by atoms with Crippen molar-refractivity contribution in [3.05, 3.63) is 12.7 Å². The van der Waals surface area contributed by atoms with Crippen molar-refractivity contribution in [1.82, 2.24) is 30.2 Å². The van der Waals surface area contributed by atoms with Crippen LogP contribution in [-0.2, 0) is 45.8 Å². The predicted molar refractivity (Wildman–Crippen MR) is 131 cm³/mol. The normalized spacial score (nSPS) is 24.6. The number of anilines is 1. The molecule has 21 nitrogen and oxygen atoms in total. The average Bonchev–Trinajstić information content (AvgIpc) is 3.41. The number of fused-ring (bicyclic) bond motifs is 1. The number of hydrogen-bond donors (Lipinski definition) is 7. The zero-order valence-corrected chi connectivity index (χ0v) is 23.6. The molecular weight excluding hydrogens is 607 g/mol. The number of nitrogens with two attached hydrogens (primary N) is 1. The molecule has 3 heterocycles. The third-order valence-corrected chi connectivity index (χ3v) is 8.94. The number of aromatic nitrogens is 4. The molecule has 0 bridgehead atoms.